The minimum absolute atomic E-state index is 0. The number of rotatable bonds is 10. The van der Waals surface area contributed by atoms with Crippen LogP contribution >= 0.6 is 0 Å². The van der Waals surface area contributed by atoms with Gasteiger partial charge in [-0.15, -0.1) is 0 Å². The van der Waals surface area contributed by atoms with Crippen molar-refractivity contribution >= 4 is 11.4 Å². The smallest absolute Gasteiger partial charge is 0.192 e. The van der Waals surface area contributed by atoms with Crippen molar-refractivity contribution in [3.05, 3.63) is 119 Å². The molecule has 0 aromatic heterocycles. The Balaban J connectivity index is 0.000000190. The van der Waals surface area contributed by atoms with Crippen LogP contribution in [0.1, 0.15) is 56.2 Å². The number of nitrogen functional groups attached to an aromatic ring is 2. The second-order valence-electron chi connectivity index (χ2n) is 13.1. The largest absolute Gasteiger partial charge is 0.491 e. The highest BCUT2D eigenvalue weighted by molar-refractivity contribution is 5.42. The first-order valence-corrected chi connectivity index (χ1v) is 17.8. The molecule has 7 rings (SSSR count). The molecule has 0 aliphatic carbocycles. The third-order valence-corrected chi connectivity index (χ3v) is 8.62. The van der Waals surface area contributed by atoms with Crippen LogP contribution in [-0.4, -0.2) is 64.2 Å². The van der Waals surface area contributed by atoms with Crippen molar-refractivity contribution in [1.82, 2.24) is 0 Å². The van der Waals surface area contributed by atoms with Crippen molar-refractivity contribution in [2.45, 2.75) is 78.2 Å². The van der Waals surface area contributed by atoms with Crippen LogP contribution in [0, 0.1) is 13.8 Å². The van der Waals surface area contributed by atoms with Gasteiger partial charge in [0.15, 0.2) is 18.4 Å². The predicted octanol–water partition coefficient (Wildman–Crippen LogP) is 7.05. The molecule has 0 spiro atoms. The van der Waals surface area contributed by atoms with E-state index < -0.39 is 5.79 Å². The molecule has 288 valence electrons. The molecule has 0 radical (unpaired) electrons. The molecule has 0 saturated carbocycles. The van der Waals surface area contributed by atoms with Crippen LogP contribution in [0.3, 0.4) is 0 Å². The van der Waals surface area contributed by atoms with Gasteiger partial charge in [0.1, 0.15) is 36.9 Å². The highest BCUT2D eigenvalue weighted by atomic mass is 16.8. The van der Waals surface area contributed by atoms with Gasteiger partial charge in [0.2, 0.25) is 0 Å². The third kappa shape index (κ3) is 12.7. The van der Waals surface area contributed by atoms with Crippen molar-refractivity contribution in [3.8, 4) is 11.5 Å². The Bertz CT molecular complexity index is 1630. The molecule has 53 heavy (non-hydrogen) atoms. The van der Waals surface area contributed by atoms with E-state index in [0.717, 1.165) is 40.4 Å². The zero-order valence-corrected chi connectivity index (χ0v) is 30.6. The maximum atomic E-state index is 6.06. The molecule has 4 aromatic rings. The first-order chi connectivity index (χ1) is 25.1. The van der Waals surface area contributed by atoms with Crippen LogP contribution in [0.5, 0.6) is 11.5 Å². The van der Waals surface area contributed by atoms with Gasteiger partial charge in [-0.05, 0) is 75.7 Å². The summed E-state index contributed by atoms with van der Waals surface area (Å²) in [6.45, 7) is 11.3. The summed E-state index contributed by atoms with van der Waals surface area (Å²) in [5, 5.41) is 0. The fraction of sp³-hybridized carbons (Fsp3) is 0.429. The lowest BCUT2D eigenvalue weighted by Gasteiger charge is -2.24. The number of anilines is 2. The van der Waals surface area contributed by atoms with Gasteiger partial charge in [0, 0.05) is 29.0 Å². The lowest BCUT2D eigenvalue weighted by atomic mass is 10.1. The molecule has 3 aliphatic heterocycles. The Morgan fingerprint density at radius 1 is 0.698 bits per heavy atom. The summed E-state index contributed by atoms with van der Waals surface area (Å²) < 4.78 is 45.4. The minimum Gasteiger partial charge on any atom is -0.491 e. The third-order valence-electron chi connectivity index (χ3n) is 8.62. The van der Waals surface area contributed by atoms with Gasteiger partial charge >= 0.3 is 0 Å². The lowest BCUT2D eigenvalue weighted by Crippen LogP contribution is -2.26. The maximum Gasteiger partial charge on any atom is 0.192 e. The second-order valence-corrected chi connectivity index (χ2v) is 13.1. The summed E-state index contributed by atoms with van der Waals surface area (Å²) in [5.41, 5.74) is 22.6. The molecular formula is C42H57N3O8. The van der Waals surface area contributed by atoms with E-state index in [1.807, 2.05) is 86.6 Å². The fourth-order valence-corrected chi connectivity index (χ4v) is 5.58. The topological polar surface area (TPSA) is 152 Å². The van der Waals surface area contributed by atoms with E-state index in [-0.39, 0.29) is 38.3 Å². The minimum atomic E-state index is -0.707. The summed E-state index contributed by atoms with van der Waals surface area (Å²) in [6.07, 6.45) is 0.590. The lowest BCUT2D eigenvalue weighted by molar-refractivity contribution is -0.164. The SMILES string of the molecule is C.CCC1OCC(CN)O1.Cc1ccc(C2OCC(COc3ccc(N)cc3)O2)cc1.Cc1cccc(C2(C)OCC(COc3ccc(N)cc3)O2)c1. The van der Waals surface area contributed by atoms with Crippen LogP contribution in [0.25, 0.3) is 0 Å². The van der Waals surface area contributed by atoms with Crippen molar-refractivity contribution in [2.75, 3.05) is 51.0 Å². The van der Waals surface area contributed by atoms with Crippen LogP contribution in [-0.2, 0) is 34.2 Å². The first-order valence-electron chi connectivity index (χ1n) is 17.8. The van der Waals surface area contributed by atoms with Crippen molar-refractivity contribution in [1.29, 1.82) is 0 Å². The Morgan fingerprint density at radius 2 is 1.30 bits per heavy atom. The average Bonchev–Trinajstić information content (AvgIpc) is 3.93. The normalized spacial score (nSPS) is 24.6. The molecule has 4 aromatic carbocycles. The Kier molecular flexibility index (Phi) is 15.9. The Morgan fingerprint density at radius 3 is 1.85 bits per heavy atom. The number of benzene rings is 4. The summed E-state index contributed by atoms with van der Waals surface area (Å²) in [4.78, 5) is 0. The zero-order valence-electron chi connectivity index (χ0n) is 30.6. The molecule has 6 N–H and O–H groups in total. The molecule has 3 fully saturated rings. The van der Waals surface area contributed by atoms with Gasteiger partial charge in [0.05, 0.1) is 25.9 Å². The van der Waals surface area contributed by atoms with E-state index in [1.54, 1.807) is 0 Å². The zero-order chi connectivity index (χ0) is 36.9. The number of ether oxygens (including phenoxy) is 8. The van der Waals surface area contributed by atoms with Gasteiger partial charge < -0.3 is 55.1 Å². The van der Waals surface area contributed by atoms with Gasteiger partial charge in [-0.3, -0.25) is 0 Å². The molecule has 3 saturated heterocycles. The molecule has 3 aliphatic rings. The molecular weight excluding hydrogens is 674 g/mol. The van der Waals surface area contributed by atoms with E-state index in [0.29, 0.717) is 39.6 Å². The van der Waals surface area contributed by atoms with E-state index in [2.05, 4.69) is 38.1 Å². The second kappa shape index (κ2) is 20.3. The number of hydrogen-bond donors (Lipinski definition) is 3. The van der Waals surface area contributed by atoms with E-state index in [4.69, 9.17) is 55.1 Å². The van der Waals surface area contributed by atoms with Crippen molar-refractivity contribution in [3.63, 3.8) is 0 Å². The quantitative estimate of drug-likeness (QED) is 0.144. The average molecular weight is 732 g/mol. The Hall–Kier alpha value is -4.20. The van der Waals surface area contributed by atoms with Gasteiger partial charge in [-0.1, -0.05) is 74.0 Å². The van der Waals surface area contributed by atoms with Crippen molar-refractivity contribution < 1.29 is 37.9 Å². The molecule has 3 heterocycles. The highest BCUT2D eigenvalue weighted by Gasteiger charge is 2.39. The maximum absolute atomic E-state index is 6.06. The van der Waals surface area contributed by atoms with Crippen LogP contribution in [0.15, 0.2) is 97.1 Å². The number of aryl methyl sites for hydroxylation is 2. The number of nitrogens with two attached hydrogens (primary N) is 3. The molecule has 0 amide bonds. The summed E-state index contributed by atoms with van der Waals surface area (Å²) in [6, 6.07) is 31.0. The molecule has 6 unspecified atom stereocenters. The highest BCUT2D eigenvalue weighted by Crippen LogP contribution is 2.34. The van der Waals surface area contributed by atoms with Gasteiger partial charge in [-0.2, -0.15) is 0 Å². The van der Waals surface area contributed by atoms with E-state index >= 15 is 0 Å². The predicted molar refractivity (Wildman–Crippen MR) is 207 cm³/mol. The molecule has 11 nitrogen and oxygen atoms in total. The molecule has 0 bridgehead atoms. The summed E-state index contributed by atoms with van der Waals surface area (Å²) in [5.74, 6) is 0.856. The summed E-state index contributed by atoms with van der Waals surface area (Å²) in [7, 11) is 0. The van der Waals surface area contributed by atoms with Gasteiger partial charge in [-0.25, -0.2) is 0 Å². The molecule has 6 atom stereocenters. The monoisotopic (exact) mass is 731 g/mol. The van der Waals surface area contributed by atoms with E-state index in [9.17, 15) is 0 Å². The first kappa shape index (κ1) is 41.6. The standard InChI is InChI=1S/C18H21NO3.C17H19NO3.C6H13NO2.CH4/c1-13-4-3-5-14(10-13)18(2)21-12-17(22-18)11-20-16-8-6-15(19)7-9-16;1-12-2-4-13(5-3-12)17-20-11-16(21-17)10-19-15-8-6-14(18)7-9-15;1-2-6-8-4-5(3-7)9-6;/h3-10,17H,11-12,19H2,1-2H3;2-9,16-17H,10-11,18H2,1H3;5-6H,2-4,7H2,1H3;1H4. The number of hydrogen-bond acceptors (Lipinski definition) is 11. The summed E-state index contributed by atoms with van der Waals surface area (Å²) >= 11 is 0. The Labute approximate surface area is 314 Å². The van der Waals surface area contributed by atoms with Crippen LogP contribution in [0.2, 0.25) is 0 Å². The van der Waals surface area contributed by atoms with Crippen LogP contribution in [0.4, 0.5) is 11.4 Å². The van der Waals surface area contributed by atoms with Gasteiger partial charge in [0.25, 0.3) is 0 Å². The fourth-order valence-electron chi connectivity index (χ4n) is 5.58. The van der Waals surface area contributed by atoms with E-state index in [1.165, 1.54) is 11.1 Å². The molecule has 11 heteroatoms. The van der Waals surface area contributed by atoms with Crippen molar-refractivity contribution in [2.24, 2.45) is 5.73 Å². The van der Waals surface area contributed by atoms with Crippen LogP contribution < -0.4 is 26.7 Å².